The van der Waals surface area contributed by atoms with Gasteiger partial charge in [0.1, 0.15) is 11.4 Å². The molecule has 0 saturated heterocycles. The lowest BCUT2D eigenvalue weighted by Gasteiger charge is -2.13. The molecule has 2 aromatic carbocycles. The Morgan fingerprint density at radius 1 is 0.964 bits per heavy atom. The van der Waals surface area contributed by atoms with E-state index in [1.54, 1.807) is 79.1 Å². The van der Waals surface area contributed by atoms with Gasteiger partial charge in [-0.25, -0.2) is 0 Å². The van der Waals surface area contributed by atoms with Gasteiger partial charge in [0, 0.05) is 18.0 Å². The molecular formula is C22H19N3O3. The molecule has 140 valence electrons. The van der Waals surface area contributed by atoms with Crippen molar-refractivity contribution in [3.8, 4) is 5.75 Å². The van der Waals surface area contributed by atoms with Crippen LogP contribution >= 0.6 is 0 Å². The van der Waals surface area contributed by atoms with Gasteiger partial charge in [-0.1, -0.05) is 36.4 Å². The number of para-hydroxylation sites is 2. The van der Waals surface area contributed by atoms with Crippen LogP contribution in [0.25, 0.3) is 6.08 Å². The number of carbonyl (C=O) groups is 2. The number of amides is 2. The first-order valence-corrected chi connectivity index (χ1v) is 8.60. The number of anilines is 1. The van der Waals surface area contributed by atoms with Gasteiger partial charge in [0.15, 0.2) is 0 Å². The number of carbonyl (C=O) groups excluding carboxylic acids is 2. The molecule has 0 unspecified atom stereocenters. The molecule has 0 aliphatic heterocycles. The third-order valence-electron chi connectivity index (χ3n) is 3.88. The number of nitrogens with zero attached hydrogens (tertiary/aromatic N) is 1. The summed E-state index contributed by atoms with van der Waals surface area (Å²) in [5, 5.41) is 5.45. The highest BCUT2D eigenvalue weighted by Gasteiger charge is 2.16. The quantitative estimate of drug-likeness (QED) is 0.648. The van der Waals surface area contributed by atoms with Gasteiger partial charge in [0.25, 0.3) is 11.8 Å². The molecule has 1 aromatic heterocycles. The van der Waals surface area contributed by atoms with Gasteiger partial charge in [-0.3, -0.25) is 14.6 Å². The number of methoxy groups -OCH3 is 1. The number of benzene rings is 2. The zero-order chi connectivity index (χ0) is 19.8. The van der Waals surface area contributed by atoms with E-state index in [2.05, 4.69) is 15.6 Å². The summed E-state index contributed by atoms with van der Waals surface area (Å²) in [6.45, 7) is 0. The molecule has 0 fully saturated rings. The van der Waals surface area contributed by atoms with Gasteiger partial charge in [-0.15, -0.1) is 0 Å². The molecule has 0 saturated carbocycles. The lowest BCUT2D eigenvalue weighted by Crippen LogP contribution is -2.30. The normalized spacial score (nSPS) is 10.8. The van der Waals surface area contributed by atoms with Crippen LogP contribution in [-0.4, -0.2) is 23.9 Å². The number of aromatic nitrogens is 1. The van der Waals surface area contributed by atoms with Crippen molar-refractivity contribution in [2.24, 2.45) is 0 Å². The van der Waals surface area contributed by atoms with E-state index in [0.717, 1.165) is 0 Å². The standard InChI is InChI=1S/C22H19N3O3/c1-28-20-12-6-5-11-18(20)24-22(27)19(14-16-8-7-13-23-15-16)25-21(26)17-9-3-2-4-10-17/h2-15H,1H3,(H,24,27)(H,25,26)/b19-14-. The summed E-state index contributed by atoms with van der Waals surface area (Å²) >= 11 is 0. The van der Waals surface area contributed by atoms with E-state index in [1.807, 2.05) is 6.07 Å². The third-order valence-corrected chi connectivity index (χ3v) is 3.88. The Morgan fingerprint density at radius 3 is 2.43 bits per heavy atom. The molecule has 0 atom stereocenters. The molecule has 3 aromatic rings. The van der Waals surface area contributed by atoms with Gasteiger partial charge in [0.2, 0.25) is 0 Å². The van der Waals surface area contributed by atoms with E-state index in [1.165, 1.54) is 7.11 Å². The first-order chi connectivity index (χ1) is 13.7. The summed E-state index contributed by atoms with van der Waals surface area (Å²) in [5.41, 5.74) is 1.72. The molecule has 6 nitrogen and oxygen atoms in total. The van der Waals surface area contributed by atoms with E-state index in [9.17, 15) is 9.59 Å². The molecule has 28 heavy (non-hydrogen) atoms. The van der Waals surface area contributed by atoms with Gasteiger partial charge in [-0.2, -0.15) is 0 Å². The van der Waals surface area contributed by atoms with Gasteiger partial charge in [0.05, 0.1) is 12.8 Å². The van der Waals surface area contributed by atoms with Crippen LogP contribution in [0.2, 0.25) is 0 Å². The molecule has 6 heteroatoms. The lowest BCUT2D eigenvalue weighted by molar-refractivity contribution is -0.113. The topological polar surface area (TPSA) is 80.3 Å². The van der Waals surface area contributed by atoms with E-state index < -0.39 is 5.91 Å². The van der Waals surface area contributed by atoms with Crippen LogP contribution < -0.4 is 15.4 Å². The molecule has 0 radical (unpaired) electrons. The molecule has 0 aliphatic carbocycles. The molecule has 3 rings (SSSR count). The summed E-state index contributed by atoms with van der Waals surface area (Å²) in [7, 11) is 1.52. The zero-order valence-corrected chi connectivity index (χ0v) is 15.3. The average Bonchev–Trinajstić information content (AvgIpc) is 2.75. The van der Waals surface area contributed by atoms with Crippen LogP contribution in [0, 0.1) is 0 Å². The van der Waals surface area contributed by atoms with Crippen molar-refractivity contribution < 1.29 is 14.3 Å². The maximum atomic E-state index is 12.9. The number of pyridine rings is 1. The Hall–Kier alpha value is -3.93. The number of ether oxygens (including phenoxy) is 1. The van der Waals surface area contributed by atoms with Crippen LogP contribution in [0.5, 0.6) is 5.75 Å². The van der Waals surface area contributed by atoms with Gasteiger partial charge < -0.3 is 15.4 Å². The van der Waals surface area contributed by atoms with E-state index in [0.29, 0.717) is 22.6 Å². The molecule has 0 bridgehead atoms. The molecule has 0 aliphatic rings. The highest BCUT2D eigenvalue weighted by molar-refractivity contribution is 6.11. The second kappa shape index (κ2) is 9.14. The number of nitrogens with one attached hydrogen (secondary N) is 2. The summed E-state index contributed by atoms with van der Waals surface area (Å²) in [6, 6.07) is 19.3. The monoisotopic (exact) mass is 373 g/mol. The minimum Gasteiger partial charge on any atom is -0.495 e. The van der Waals surface area contributed by atoms with Crippen LogP contribution in [0.4, 0.5) is 5.69 Å². The van der Waals surface area contributed by atoms with Crippen molar-refractivity contribution in [1.29, 1.82) is 0 Å². The molecular weight excluding hydrogens is 354 g/mol. The van der Waals surface area contributed by atoms with Gasteiger partial charge >= 0.3 is 0 Å². The number of hydrogen-bond acceptors (Lipinski definition) is 4. The fourth-order valence-corrected chi connectivity index (χ4v) is 2.51. The predicted molar refractivity (Wildman–Crippen MR) is 108 cm³/mol. The first-order valence-electron chi connectivity index (χ1n) is 8.60. The Balaban J connectivity index is 1.88. The Labute approximate surface area is 162 Å². The molecule has 0 spiro atoms. The Kier molecular flexibility index (Phi) is 6.15. The summed E-state index contributed by atoms with van der Waals surface area (Å²) in [5.74, 6) is -0.338. The largest absolute Gasteiger partial charge is 0.495 e. The van der Waals surface area contributed by atoms with E-state index >= 15 is 0 Å². The molecule has 2 N–H and O–H groups in total. The van der Waals surface area contributed by atoms with Crippen molar-refractivity contribution in [3.05, 3.63) is 95.9 Å². The Bertz CT molecular complexity index is 986. The van der Waals surface area contributed by atoms with E-state index in [-0.39, 0.29) is 11.6 Å². The predicted octanol–water partition coefficient (Wildman–Crippen LogP) is 3.50. The van der Waals surface area contributed by atoms with Crippen molar-refractivity contribution >= 4 is 23.6 Å². The minimum absolute atomic E-state index is 0.0905. The molecule has 2 amide bonds. The number of hydrogen-bond donors (Lipinski definition) is 2. The van der Waals surface area contributed by atoms with Crippen LogP contribution in [-0.2, 0) is 4.79 Å². The fourth-order valence-electron chi connectivity index (χ4n) is 2.51. The second-order valence-electron chi connectivity index (χ2n) is 5.82. The Morgan fingerprint density at radius 2 is 1.71 bits per heavy atom. The van der Waals surface area contributed by atoms with Crippen molar-refractivity contribution in [3.63, 3.8) is 0 Å². The average molecular weight is 373 g/mol. The van der Waals surface area contributed by atoms with Crippen molar-refractivity contribution in [2.75, 3.05) is 12.4 Å². The number of rotatable bonds is 6. The maximum absolute atomic E-state index is 12.9. The lowest BCUT2D eigenvalue weighted by atomic mass is 10.2. The summed E-state index contributed by atoms with van der Waals surface area (Å²) < 4.78 is 5.26. The maximum Gasteiger partial charge on any atom is 0.272 e. The molecule has 1 heterocycles. The van der Waals surface area contributed by atoms with Crippen molar-refractivity contribution in [1.82, 2.24) is 10.3 Å². The van der Waals surface area contributed by atoms with Gasteiger partial charge in [-0.05, 0) is 42.0 Å². The summed E-state index contributed by atoms with van der Waals surface area (Å²) in [6.07, 6.45) is 4.80. The highest BCUT2D eigenvalue weighted by Crippen LogP contribution is 2.23. The fraction of sp³-hybridized carbons (Fsp3) is 0.0455. The first kappa shape index (κ1) is 18.8. The second-order valence-corrected chi connectivity index (χ2v) is 5.82. The third kappa shape index (κ3) is 4.82. The van der Waals surface area contributed by atoms with Crippen LogP contribution in [0.3, 0.4) is 0 Å². The smallest absolute Gasteiger partial charge is 0.272 e. The zero-order valence-electron chi connectivity index (χ0n) is 15.3. The van der Waals surface area contributed by atoms with Crippen molar-refractivity contribution in [2.45, 2.75) is 0 Å². The van der Waals surface area contributed by atoms with Crippen LogP contribution in [0.1, 0.15) is 15.9 Å². The summed E-state index contributed by atoms with van der Waals surface area (Å²) in [4.78, 5) is 29.5. The minimum atomic E-state index is -0.474. The van der Waals surface area contributed by atoms with Crippen LogP contribution in [0.15, 0.2) is 84.8 Å². The van der Waals surface area contributed by atoms with E-state index in [4.69, 9.17) is 4.74 Å². The SMILES string of the molecule is COc1ccccc1NC(=O)/C(=C/c1cccnc1)NC(=O)c1ccccc1. The highest BCUT2D eigenvalue weighted by atomic mass is 16.5.